The van der Waals surface area contributed by atoms with Crippen LogP contribution >= 0.6 is 12.2 Å². The molecule has 0 heterocycles. The van der Waals surface area contributed by atoms with Gasteiger partial charge in [0, 0.05) is 5.37 Å². The molecule has 0 amide bonds. The van der Waals surface area contributed by atoms with Crippen molar-refractivity contribution in [3.05, 3.63) is 48.0 Å². The summed E-state index contributed by atoms with van der Waals surface area (Å²) in [6.45, 7) is 0. The lowest BCUT2D eigenvalue weighted by atomic mass is 10.2. The van der Waals surface area contributed by atoms with Crippen molar-refractivity contribution >= 4 is 17.6 Å². The Kier molecular flexibility index (Phi) is 1.88. The Hall–Kier alpha value is -1.21. The topological polar surface area (TPSA) is 0 Å². The van der Waals surface area contributed by atoms with Crippen LogP contribution in [0.2, 0.25) is 0 Å². The van der Waals surface area contributed by atoms with Gasteiger partial charge in [0.15, 0.2) is 0 Å². The normalized spacial score (nSPS) is 10.0. The summed E-state index contributed by atoms with van der Waals surface area (Å²) in [4.78, 5) is 0. The molecule has 2 aliphatic rings. The lowest BCUT2D eigenvalue weighted by molar-refractivity contribution is 1.82. The zero-order chi connectivity index (χ0) is 8.39. The fourth-order valence-electron chi connectivity index (χ4n) is 1.29. The summed E-state index contributed by atoms with van der Waals surface area (Å²) in [5.74, 6) is 0. The molecule has 1 heteroatoms. The van der Waals surface area contributed by atoms with Gasteiger partial charge < -0.3 is 0 Å². The first kappa shape index (κ1) is 7.44. The maximum absolute atomic E-state index is 4.88. The lowest BCUT2D eigenvalue weighted by Gasteiger charge is -1.88. The maximum atomic E-state index is 4.88. The molecule has 0 aromatic rings. The van der Waals surface area contributed by atoms with Gasteiger partial charge in [-0.2, -0.15) is 0 Å². The van der Waals surface area contributed by atoms with Crippen LogP contribution in [0.1, 0.15) is 5.56 Å². The third kappa shape index (κ3) is 1.23. The number of hydrogen-bond donors (Lipinski definition) is 0. The zero-order valence-corrected chi connectivity index (χ0v) is 7.34. The average molecular weight is 172 g/mol. The Morgan fingerprint density at radius 2 is 1.58 bits per heavy atom. The molecule has 12 heavy (non-hydrogen) atoms. The minimum Gasteiger partial charge on any atom is -0.0881 e. The van der Waals surface area contributed by atoms with Crippen LogP contribution in [0.5, 0.6) is 0 Å². The van der Waals surface area contributed by atoms with Gasteiger partial charge in [0.25, 0.3) is 0 Å². The largest absolute Gasteiger partial charge is 0.0881 e. The molecule has 2 rings (SSSR count). The van der Waals surface area contributed by atoms with Crippen LogP contribution in [-0.2, 0) is 0 Å². The van der Waals surface area contributed by atoms with E-state index < -0.39 is 0 Å². The first-order chi connectivity index (χ1) is 5.90. The van der Waals surface area contributed by atoms with E-state index in [1.807, 2.05) is 12.1 Å². The van der Waals surface area contributed by atoms with Gasteiger partial charge in [-0.1, -0.05) is 48.6 Å². The molecule has 2 aliphatic carbocycles. The second kappa shape index (κ2) is 3.03. The van der Waals surface area contributed by atoms with E-state index in [9.17, 15) is 0 Å². The molecule has 0 aromatic carbocycles. The van der Waals surface area contributed by atoms with Crippen molar-refractivity contribution in [3.63, 3.8) is 0 Å². The predicted octanol–water partition coefficient (Wildman–Crippen LogP) is 3.14. The van der Waals surface area contributed by atoms with E-state index in [2.05, 4.69) is 30.3 Å². The minimum atomic E-state index is 1.09. The smallest absolute Gasteiger partial charge is 0.00863 e. The molecular formula is C11H8S. The Morgan fingerprint density at radius 3 is 2.33 bits per heavy atom. The molecule has 0 fully saturated rings. The fourth-order valence-corrected chi connectivity index (χ4v) is 1.44. The van der Waals surface area contributed by atoms with Gasteiger partial charge in [-0.3, -0.25) is 0 Å². The van der Waals surface area contributed by atoms with E-state index in [4.69, 9.17) is 12.2 Å². The van der Waals surface area contributed by atoms with Gasteiger partial charge in [-0.15, -0.1) is 0 Å². The van der Waals surface area contributed by atoms with Crippen LogP contribution in [0.15, 0.2) is 42.5 Å². The van der Waals surface area contributed by atoms with Gasteiger partial charge >= 0.3 is 0 Å². The average Bonchev–Trinajstić information content (AvgIpc) is 2.43. The summed E-state index contributed by atoms with van der Waals surface area (Å²) in [6, 6.07) is 14.5. The maximum Gasteiger partial charge on any atom is 0.00863 e. The molecule has 0 bridgehead atoms. The first-order valence-electron chi connectivity index (χ1n) is 3.84. The number of fused-ring (bicyclic) bond motifs is 1. The van der Waals surface area contributed by atoms with Crippen LogP contribution in [-0.4, -0.2) is 5.37 Å². The molecule has 0 N–H and O–H groups in total. The Balaban J connectivity index is 2.68. The van der Waals surface area contributed by atoms with Crippen molar-refractivity contribution < 1.29 is 0 Å². The first-order valence-corrected chi connectivity index (χ1v) is 4.31. The molecule has 0 saturated heterocycles. The van der Waals surface area contributed by atoms with Crippen molar-refractivity contribution in [1.29, 1.82) is 0 Å². The summed E-state index contributed by atoms with van der Waals surface area (Å²) in [7, 11) is 0. The van der Waals surface area contributed by atoms with E-state index >= 15 is 0 Å². The van der Waals surface area contributed by atoms with Crippen molar-refractivity contribution in [2.24, 2.45) is 0 Å². The van der Waals surface area contributed by atoms with Crippen molar-refractivity contribution in [3.8, 4) is 11.1 Å². The van der Waals surface area contributed by atoms with Crippen LogP contribution in [0.3, 0.4) is 0 Å². The van der Waals surface area contributed by atoms with Gasteiger partial charge in [-0.25, -0.2) is 0 Å². The van der Waals surface area contributed by atoms with E-state index in [0.717, 1.165) is 5.56 Å². The van der Waals surface area contributed by atoms with Crippen LogP contribution < -0.4 is 0 Å². The number of thiocarbonyl (C=S) groups is 1. The highest BCUT2D eigenvalue weighted by Gasteiger charge is 1.98. The Labute approximate surface area is 77.2 Å². The molecule has 0 spiro atoms. The zero-order valence-electron chi connectivity index (χ0n) is 6.53. The summed E-state index contributed by atoms with van der Waals surface area (Å²) in [5, 5.41) is 1.70. The third-order valence-electron chi connectivity index (χ3n) is 1.91. The van der Waals surface area contributed by atoms with Gasteiger partial charge in [0.1, 0.15) is 0 Å². The van der Waals surface area contributed by atoms with Gasteiger partial charge in [-0.05, 0) is 22.8 Å². The van der Waals surface area contributed by atoms with Crippen molar-refractivity contribution in [2.45, 2.75) is 0 Å². The lowest BCUT2D eigenvalue weighted by Crippen LogP contribution is -1.70. The highest BCUT2D eigenvalue weighted by Crippen LogP contribution is 2.21. The highest BCUT2D eigenvalue weighted by atomic mass is 32.1. The van der Waals surface area contributed by atoms with Crippen LogP contribution in [0.4, 0.5) is 0 Å². The molecule has 0 radical (unpaired) electrons. The second-order valence-corrected chi connectivity index (χ2v) is 2.96. The third-order valence-corrected chi connectivity index (χ3v) is 2.18. The summed E-state index contributed by atoms with van der Waals surface area (Å²) < 4.78 is 0. The molecule has 0 aromatic heterocycles. The monoisotopic (exact) mass is 172 g/mol. The standard InChI is InChI=1S/C11H8S/c12-8-9-3-1-4-10-5-2-6-11(10)7-9/h1-8H. The van der Waals surface area contributed by atoms with E-state index in [1.54, 1.807) is 5.37 Å². The second-order valence-electron chi connectivity index (χ2n) is 2.72. The van der Waals surface area contributed by atoms with Crippen LogP contribution in [0, 0.1) is 0 Å². The molecule has 58 valence electrons. The molecule has 0 saturated carbocycles. The molecule has 0 nitrogen and oxygen atoms in total. The van der Waals surface area contributed by atoms with Gasteiger partial charge in [0.05, 0.1) is 0 Å². The highest BCUT2D eigenvalue weighted by molar-refractivity contribution is 7.79. The van der Waals surface area contributed by atoms with Crippen molar-refractivity contribution in [2.75, 3.05) is 0 Å². The molecule has 0 atom stereocenters. The van der Waals surface area contributed by atoms with E-state index in [0.29, 0.717) is 0 Å². The van der Waals surface area contributed by atoms with E-state index in [-0.39, 0.29) is 0 Å². The summed E-state index contributed by atoms with van der Waals surface area (Å²) >= 11 is 4.88. The predicted molar refractivity (Wildman–Crippen MR) is 55.8 cm³/mol. The minimum absolute atomic E-state index is 1.09. The van der Waals surface area contributed by atoms with Crippen LogP contribution in [0.25, 0.3) is 11.1 Å². The van der Waals surface area contributed by atoms with E-state index in [1.165, 1.54) is 11.1 Å². The summed E-state index contributed by atoms with van der Waals surface area (Å²) in [5.41, 5.74) is 3.60. The number of rotatable bonds is 1. The Bertz CT molecular complexity index is 379. The SMILES string of the molecule is S=Cc1cccc2cccc-2c1. The summed E-state index contributed by atoms with van der Waals surface area (Å²) in [6.07, 6.45) is 0. The quantitative estimate of drug-likeness (QED) is 0.595. The molecule has 0 aliphatic heterocycles. The fraction of sp³-hybridized carbons (Fsp3) is 0. The molecule has 0 unspecified atom stereocenters. The van der Waals surface area contributed by atoms with Gasteiger partial charge in [0.2, 0.25) is 0 Å². The van der Waals surface area contributed by atoms with Crippen molar-refractivity contribution in [1.82, 2.24) is 0 Å². The molecular weight excluding hydrogens is 164 g/mol. The Morgan fingerprint density at radius 1 is 0.917 bits per heavy atom. The number of hydrogen-bond acceptors (Lipinski definition) is 1.